The summed E-state index contributed by atoms with van der Waals surface area (Å²) in [6.07, 6.45) is 0.880. The van der Waals surface area contributed by atoms with Crippen LogP contribution in [-0.2, 0) is 6.42 Å². The summed E-state index contributed by atoms with van der Waals surface area (Å²) in [7, 11) is 0. The Hall–Kier alpha value is -1.64. The van der Waals surface area contributed by atoms with Crippen LogP contribution in [0.15, 0.2) is 18.2 Å². The molecule has 0 aliphatic carbocycles. The molecule has 0 bridgehead atoms. The molecule has 0 saturated carbocycles. The summed E-state index contributed by atoms with van der Waals surface area (Å²) in [5.41, 5.74) is 3.77. The van der Waals surface area contributed by atoms with Crippen molar-refractivity contribution in [2.75, 3.05) is 11.9 Å². The number of hydrogen-bond acceptors (Lipinski definition) is 2. The Morgan fingerprint density at radius 1 is 1.24 bits per heavy atom. The van der Waals surface area contributed by atoms with E-state index in [2.05, 4.69) is 17.2 Å². The minimum absolute atomic E-state index is 0.208. The summed E-state index contributed by atoms with van der Waals surface area (Å²) < 4.78 is 13.4. The first-order chi connectivity index (χ1) is 8.15. The van der Waals surface area contributed by atoms with Crippen LogP contribution in [0.5, 0.6) is 0 Å². The van der Waals surface area contributed by atoms with E-state index in [9.17, 15) is 4.39 Å². The lowest BCUT2D eigenvalue weighted by Crippen LogP contribution is -2.01. The molecule has 0 radical (unpaired) electrons. The van der Waals surface area contributed by atoms with Gasteiger partial charge in [-0.05, 0) is 44.0 Å². The Morgan fingerprint density at radius 2 is 2.00 bits per heavy atom. The molecular formula is C14H17FN2. The maximum Gasteiger partial charge on any atom is 0.124 e. The first-order valence-electron chi connectivity index (χ1n) is 5.99. The number of nitrogens with zero attached hydrogens (tertiary/aromatic N) is 1. The van der Waals surface area contributed by atoms with Gasteiger partial charge < -0.3 is 5.32 Å². The fourth-order valence-corrected chi connectivity index (χ4v) is 2.03. The van der Waals surface area contributed by atoms with Crippen LogP contribution in [-0.4, -0.2) is 11.5 Å². The monoisotopic (exact) mass is 232 g/mol. The molecule has 2 rings (SSSR count). The van der Waals surface area contributed by atoms with Gasteiger partial charge in [-0.1, -0.05) is 6.92 Å². The molecule has 0 fully saturated rings. The lowest BCUT2D eigenvalue weighted by Gasteiger charge is -2.11. The van der Waals surface area contributed by atoms with Crippen LogP contribution in [0.1, 0.15) is 25.1 Å². The smallest absolute Gasteiger partial charge is 0.124 e. The molecule has 1 aromatic carbocycles. The summed E-state index contributed by atoms with van der Waals surface area (Å²) in [4.78, 5) is 4.57. The van der Waals surface area contributed by atoms with E-state index in [1.807, 2.05) is 19.9 Å². The van der Waals surface area contributed by atoms with Crippen molar-refractivity contribution < 1.29 is 4.39 Å². The minimum atomic E-state index is -0.208. The summed E-state index contributed by atoms with van der Waals surface area (Å²) >= 11 is 0. The van der Waals surface area contributed by atoms with Gasteiger partial charge in [0.25, 0.3) is 0 Å². The van der Waals surface area contributed by atoms with Crippen molar-refractivity contribution in [3.05, 3.63) is 35.3 Å². The highest BCUT2D eigenvalue weighted by Crippen LogP contribution is 2.27. The van der Waals surface area contributed by atoms with Gasteiger partial charge in [0.2, 0.25) is 0 Å². The van der Waals surface area contributed by atoms with Crippen LogP contribution in [0.25, 0.3) is 10.9 Å². The largest absolute Gasteiger partial charge is 0.385 e. The lowest BCUT2D eigenvalue weighted by molar-refractivity contribution is 0.628. The van der Waals surface area contributed by atoms with Crippen LogP contribution in [0.4, 0.5) is 10.1 Å². The number of aromatic nitrogens is 1. The Kier molecular flexibility index (Phi) is 3.27. The molecule has 2 aromatic rings. The molecule has 90 valence electrons. The number of rotatable bonds is 3. The van der Waals surface area contributed by atoms with Crippen LogP contribution in [0, 0.1) is 12.7 Å². The summed E-state index contributed by atoms with van der Waals surface area (Å²) in [5.74, 6) is -0.208. The Balaban J connectivity index is 2.76. The van der Waals surface area contributed by atoms with Gasteiger partial charge in [0, 0.05) is 23.3 Å². The second kappa shape index (κ2) is 4.70. The van der Waals surface area contributed by atoms with Crippen molar-refractivity contribution in [3.8, 4) is 0 Å². The van der Waals surface area contributed by atoms with Gasteiger partial charge >= 0.3 is 0 Å². The average Bonchev–Trinajstić information content (AvgIpc) is 2.30. The third-order valence-electron chi connectivity index (χ3n) is 2.85. The molecule has 2 nitrogen and oxygen atoms in total. The maximum atomic E-state index is 13.4. The molecule has 0 amide bonds. The van der Waals surface area contributed by atoms with Gasteiger partial charge in [-0.3, -0.25) is 4.98 Å². The molecule has 0 aliphatic heterocycles. The highest BCUT2D eigenvalue weighted by Gasteiger charge is 2.08. The van der Waals surface area contributed by atoms with Crippen molar-refractivity contribution in [2.24, 2.45) is 0 Å². The minimum Gasteiger partial charge on any atom is -0.385 e. The van der Waals surface area contributed by atoms with Gasteiger partial charge in [0.05, 0.1) is 5.52 Å². The maximum absolute atomic E-state index is 13.4. The number of benzene rings is 1. The lowest BCUT2D eigenvalue weighted by atomic mass is 10.1. The first kappa shape index (κ1) is 11.8. The summed E-state index contributed by atoms with van der Waals surface area (Å²) in [5, 5.41) is 4.14. The van der Waals surface area contributed by atoms with E-state index in [4.69, 9.17) is 0 Å². The van der Waals surface area contributed by atoms with E-state index < -0.39 is 0 Å². The standard InChI is InChI=1S/C14H17FN2/c1-4-11-8-13(16-5-2)12-7-10(15)6-9(3)14(12)17-11/h6-8H,4-5H2,1-3H3,(H,16,17). The molecule has 17 heavy (non-hydrogen) atoms. The fraction of sp³-hybridized carbons (Fsp3) is 0.357. The predicted molar refractivity (Wildman–Crippen MR) is 70.0 cm³/mol. The molecule has 0 saturated heterocycles. The number of fused-ring (bicyclic) bond motifs is 1. The molecule has 0 atom stereocenters. The van der Waals surface area contributed by atoms with E-state index in [0.29, 0.717) is 0 Å². The normalized spacial score (nSPS) is 10.8. The van der Waals surface area contributed by atoms with Gasteiger partial charge in [0.15, 0.2) is 0 Å². The van der Waals surface area contributed by atoms with Crippen LogP contribution in [0.2, 0.25) is 0 Å². The number of hydrogen-bond donors (Lipinski definition) is 1. The second-order valence-corrected chi connectivity index (χ2v) is 4.16. The molecular weight excluding hydrogens is 215 g/mol. The molecule has 0 spiro atoms. The number of pyridine rings is 1. The van der Waals surface area contributed by atoms with Crippen molar-refractivity contribution in [1.82, 2.24) is 4.98 Å². The average molecular weight is 232 g/mol. The number of nitrogens with one attached hydrogen (secondary N) is 1. The van der Waals surface area contributed by atoms with Gasteiger partial charge in [0.1, 0.15) is 5.82 Å². The number of halogens is 1. The van der Waals surface area contributed by atoms with Crippen molar-refractivity contribution in [1.29, 1.82) is 0 Å². The predicted octanol–water partition coefficient (Wildman–Crippen LogP) is 3.68. The SMILES string of the molecule is CCNc1cc(CC)nc2c(C)cc(F)cc12. The molecule has 0 unspecified atom stereocenters. The third kappa shape index (κ3) is 2.23. The molecule has 3 heteroatoms. The molecule has 1 aromatic heterocycles. The van der Waals surface area contributed by atoms with E-state index in [1.165, 1.54) is 6.07 Å². The van der Waals surface area contributed by atoms with E-state index in [1.54, 1.807) is 6.07 Å². The zero-order chi connectivity index (χ0) is 12.4. The zero-order valence-electron chi connectivity index (χ0n) is 10.5. The molecule has 0 aliphatic rings. The molecule has 1 N–H and O–H groups in total. The summed E-state index contributed by atoms with van der Waals surface area (Å²) in [6.45, 7) is 6.82. The Morgan fingerprint density at radius 3 is 2.65 bits per heavy atom. The topological polar surface area (TPSA) is 24.9 Å². The van der Waals surface area contributed by atoms with E-state index in [-0.39, 0.29) is 5.82 Å². The Labute approximate surface area is 101 Å². The van der Waals surface area contributed by atoms with Crippen molar-refractivity contribution >= 4 is 16.6 Å². The van der Waals surface area contributed by atoms with Gasteiger partial charge in [-0.2, -0.15) is 0 Å². The Bertz CT molecular complexity index is 549. The van der Waals surface area contributed by atoms with Crippen LogP contribution < -0.4 is 5.32 Å². The van der Waals surface area contributed by atoms with Crippen molar-refractivity contribution in [3.63, 3.8) is 0 Å². The van der Waals surface area contributed by atoms with E-state index in [0.717, 1.165) is 40.8 Å². The van der Waals surface area contributed by atoms with Crippen molar-refractivity contribution in [2.45, 2.75) is 27.2 Å². The van der Waals surface area contributed by atoms with Crippen LogP contribution >= 0.6 is 0 Å². The second-order valence-electron chi connectivity index (χ2n) is 4.16. The number of anilines is 1. The number of aryl methyl sites for hydroxylation is 2. The quantitative estimate of drug-likeness (QED) is 0.873. The highest BCUT2D eigenvalue weighted by atomic mass is 19.1. The molecule has 1 heterocycles. The van der Waals surface area contributed by atoms with E-state index >= 15 is 0 Å². The van der Waals surface area contributed by atoms with Gasteiger partial charge in [-0.25, -0.2) is 4.39 Å². The highest BCUT2D eigenvalue weighted by molar-refractivity contribution is 5.93. The third-order valence-corrected chi connectivity index (χ3v) is 2.85. The zero-order valence-corrected chi connectivity index (χ0v) is 10.5. The summed E-state index contributed by atoms with van der Waals surface area (Å²) in [6, 6.07) is 5.09. The van der Waals surface area contributed by atoms with Gasteiger partial charge in [-0.15, -0.1) is 0 Å². The first-order valence-corrected chi connectivity index (χ1v) is 5.99. The van der Waals surface area contributed by atoms with Crippen LogP contribution in [0.3, 0.4) is 0 Å². The fourth-order valence-electron chi connectivity index (χ4n) is 2.03.